The minimum atomic E-state index is -0.0565. The molecule has 1 aromatic carbocycles. The van der Waals surface area contributed by atoms with Crippen LogP contribution in [-0.2, 0) is 11.3 Å². The summed E-state index contributed by atoms with van der Waals surface area (Å²) >= 11 is 0. The molecule has 0 aliphatic heterocycles. The highest BCUT2D eigenvalue weighted by Crippen LogP contribution is 2.10. The van der Waals surface area contributed by atoms with Gasteiger partial charge in [0.15, 0.2) is 0 Å². The summed E-state index contributed by atoms with van der Waals surface area (Å²) in [7, 11) is 0. The number of nitrogens with zero attached hydrogens (tertiary/aromatic N) is 1. The summed E-state index contributed by atoms with van der Waals surface area (Å²) in [4.78, 5) is 2.43. The highest BCUT2D eigenvalue weighted by atomic mass is 16.5. The standard InChI is InChI=1S/C16H28N2O/c1-5-10-18(11-12-19-16(2,3)4)13-14-6-8-15(17)9-7-14/h6-9H,5,10-13,17H2,1-4H3. The van der Waals surface area contributed by atoms with Gasteiger partial charge in [-0.3, -0.25) is 4.90 Å². The predicted molar refractivity (Wildman–Crippen MR) is 82.1 cm³/mol. The SMILES string of the molecule is CCCN(CCOC(C)(C)C)Cc1ccc(N)cc1. The molecular formula is C16H28N2O. The van der Waals surface area contributed by atoms with Crippen LogP contribution < -0.4 is 5.73 Å². The Labute approximate surface area is 117 Å². The van der Waals surface area contributed by atoms with Crippen molar-refractivity contribution < 1.29 is 4.74 Å². The lowest BCUT2D eigenvalue weighted by atomic mass is 10.2. The molecule has 0 saturated carbocycles. The molecule has 0 fully saturated rings. The Kier molecular flexibility index (Phi) is 6.32. The lowest BCUT2D eigenvalue weighted by Crippen LogP contribution is -2.31. The molecule has 3 heteroatoms. The summed E-state index contributed by atoms with van der Waals surface area (Å²) in [6.07, 6.45) is 1.16. The maximum absolute atomic E-state index is 5.80. The molecule has 0 unspecified atom stereocenters. The van der Waals surface area contributed by atoms with Crippen LogP contribution in [0.25, 0.3) is 0 Å². The second-order valence-electron chi connectivity index (χ2n) is 5.98. The second kappa shape index (κ2) is 7.51. The van der Waals surface area contributed by atoms with Gasteiger partial charge in [-0.05, 0) is 51.4 Å². The Morgan fingerprint density at radius 2 is 1.74 bits per heavy atom. The molecule has 0 radical (unpaired) electrons. The van der Waals surface area contributed by atoms with Crippen molar-refractivity contribution in [3.05, 3.63) is 29.8 Å². The Bertz CT molecular complexity index is 354. The monoisotopic (exact) mass is 264 g/mol. The van der Waals surface area contributed by atoms with Gasteiger partial charge in [0.25, 0.3) is 0 Å². The van der Waals surface area contributed by atoms with Gasteiger partial charge < -0.3 is 10.5 Å². The fourth-order valence-corrected chi connectivity index (χ4v) is 1.95. The Hall–Kier alpha value is -1.06. The largest absolute Gasteiger partial charge is 0.399 e. The zero-order chi connectivity index (χ0) is 14.3. The first-order valence-electron chi connectivity index (χ1n) is 7.11. The molecule has 0 aliphatic carbocycles. The summed E-state index contributed by atoms with van der Waals surface area (Å²) in [6, 6.07) is 8.13. The van der Waals surface area contributed by atoms with Crippen LogP contribution in [0, 0.1) is 0 Å². The average Bonchev–Trinajstić information content (AvgIpc) is 2.30. The van der Waals surface area contributed by atoms with Crippen LogP contribution in [0.3, 0.4) is 0 Å². The van der Waals surface area contributed by atoms with E-state index in [-0.39, 0.29) is 5.60 Å². The maximum atomic E-state index is 5.80. The summed E-state index contributed by atoms with van der Waals surface area (Å²) < 4.78 is 5.80. The minimum absolute atomic E-state index is 0.0565. The summed E-state index contributed by atoms with van der Waals surface area (Å²) in [5.41, 5.74) is 7.78. The van der Waals surface area contributed by atoms with Gasteiger partial charge in [-0.1, -0.05) is 19.1 Å². The van der Waals surface area contributed by atoms with Gasteiger partial charge in [0.05, 0.1) is 12.2 Å². The van der Waals surface area contributed by atoms with Gasteiger partial charge in [-0.2, -0.15) is 0 Å². The van der Waals surface area contributed by atoms with Crippen molar-refractivity contribution in [1.29, 1.82) is 0 Å². The Balaban J connectivity index is 2.45. The third-order valence-corrected chi connectivity index (χ3v) is 2.87. The first-order chi connectivity index (χ1) is 8.90. The van der Waals surface area contributed by atoms with Crippen LogP contribution in [0.4, 0.5) is 5.69 Å². The molecule has 0 bridgehead atoms. The van der Waals surface area contributed by atoms with Crippen LogP contribution in [0.1, 0.15) is 39.7 Å². The van der Waals surface area contributed by atoms with E-state index in [1.165, 1.54) is 5.56 Å². The van der Waals surface area contributed by atoms with Gasteiger partial charge in [-0.15, -0.1) is 0 Å². The fourth-order valence-electron chi connectivity index (χ4n) is 1.95. The summed E-state index contributed by atoms with van der Waals surface area (Å²) in [5.74, 6) is 0. The molecular weight excluding hydrogens is 236 g/mol. The molecule has 3 nitrogen and oxygen atoms in total. The molecule has 1 rings (SSSR count). The molecule has 19 heavy (non-hydrogen) atoms. The number of hydrogen-bond donors (Lipinski definition) is 1. The van der Waals surface area contributed by atoms with Crippen LogP contribution in [0.5, 0.6) is 0 Å². The molecule has 2 N–H and O–H groups in total. The van der Waals surface area contributed by atoms with Gasteiger partial charge >= 0.3 is 0 Å². The van der Waals surface area contributed by atoms with E-state index in [9.17, 15) is 0 Å². The molecule has 0 saturated heterocycles. The van der Waals surface area contributed by atoms with Crippen molar-refractivity contribution >= 4 is 5.69 Å². The van der Waals surface area contributed by atoms with E-state index in [1.54, 1.807) is 0 Å². The molecule has 0 heterocycles. The normalized spacial score (nSPS) is 12.1. The van der Waals surface area contributed by atoms with Gasteiger partial charge in [-0.25, -0.2) is 0 Å². The number of anilines is 1. The maximum Gasteiger partial charge on any atom is 0.0600 e. The fraction of sp³-hybridized carbons (Fsp3) is 0.625. The van der Waals surface area contributed by atoms with Crippen LogP contribution in [0.2, 0.25) is 0 Å². The first-order valence-corrected chi connectivity index (χ1v) is 7.11. The number of hydrogen-bond acceptors (Lipinski definition) is 3. The topological polar surface area (TPSA) is 38.5 Å². The summed E-state index contributed by atoms with van der Waals surface area (Å²) in [5, 5.41) is 0. The van der Waals surface area contributed by atoms with Crippen molar-refractivity contribution in [3.8, 4) is 0 Å². The molecule has 0 spiro atoms. The molecule has 1 aromatic rings. The van der Waals surface area contributed by atoms with Crippen molar-refractivity contribution in [2.75, 3.05) is 25.4 Å². The van der Waals surface area contributed by atoms with E-state index in [1.807, 2.05) is 12.1 Å². The van der Waals surface area contributed by atoms with Crippen molar-refractivity contribution in [2.24, 2.45) is 0 Å². The number of nitrogens with two attached hydrogens (primary N) is 1. The van der Waals surface area contributed by atoms with Gasteiger partial charge in [0.1, 0.15) is 0 Å². The second-order valence-corrected chi connectivity index (χ2v) is 5.98. The van der Waals surface area contributed by atoms with Crippen LogP contribution >= 0.6 is 0 Å². The van der Waals surface area contributed by atoms with Crippen LogP contribution in [0.15, 0.2) is 24.3 Å². The van der Waals surface area contributed by atoms with Crippen molar-refractivity contribution in [1.82, 2.24) is 4.90 Å². The predicted octanol–water partition coefficient (Wildman–Crippen LogP) is 3.30. The van der Waals surface area contributed by atoms with Gasteiger partial charge in [0, 0.05) is 18.8 Å². The van der Waals surface area contributed by atoms with Gasteiger partial charge in [0.2, 0.25) is 0 Å². The summed E-state index contributed by atoms with van der Waals surface area (Å²) in [6.45, 7) is 12.3. The average molecular weight is 264 g/mol. The Morgan fingerprint density at radius 1 is 1.11 bits per heavy atom. The zero-order valence-corrected chi connectivity index (χ0v) is 12.8. The van der Waals surface area contributed by atoms with E-state index in [0.717, 1.165) is 38.3 Å². The highest BCUT2D eigenvalue weighted by molar-refractivity contribution is 5.39. The lowest BCUT2D eigenvalue weighted by Gasteiger charge is -2.25. The minimum Gasteiger partial charge on any atom is -0.399 e. The quantitative estimate of drug-likeness (QED) is 0.768. The number of benzene rings is 1. The highest BCUT2D eigenvalue weighted by Gasteiger charge is 2.11. The van der Waals surface area contributed by atoms with Crippen molar-refractivity contribution in [3.63, 3.8) is 0 Å². The van der Waals surface area contributed by atoms with E-state index in [2.05, 4.69) is 44.7 Å². The molecule has 0 aliphatic rings. The molecule has 0 atom stereocenters. The first kappa shape index (κ1) is 16.0. The smallest absolute Gasteiger partial charge is 0.0600 e. The molecule has 0 aromatic heterocycles. The van der Waals surface area contributed by atoms with Crippen molar-refractivity contribution in [2.45, 2.75) is 46.3 Å². The molecule has 0 amide bonds. The zero-order valence-electron chi connectivity index (χ0n) is 12.8. The Morgan fingerprint density at radius 3 is 2.26 bits per heavy atom. The van der Waals surface area contributed by atoms with E-state index in [4.69, 9.17) is 10.5 Å². The molecule has 108 valence electrons. The van der Waals surface area contributed by atoms with E-state index < -0.39 is 0 Å². The third kappa shape index (κ3) is 7.19. The van der Waals surface area contributed by atoms with E-state index in [0.29, 0.717) is 0 Å². The number of nitrogen functional groups attached to an aromatic ring is 1. The third-order valence-electron chi connectivity index (χ3n) is 2.87. The number of rotatable bonds is 7. The lowest BCUT2D eigenvalue weighted by molar-refractivity contribution is -0.0139. The van der Waals surface area contributed by atoms with E-state index >= 15 is 0 Å². The number of ether oxygens (including phenoxy) is 1. The van der Waals surface area contributed by atoms with Crippen LogP contribution in [-0.4, -0.2) is 30.2 Å².